The van der Waals surface area contributed by atoms with Crippen molar-refractivity contribution in [2.24, 2.45) is 5.92 Å². The van der Waals surface area contributed by atoms with E-state index in [4.69, 9.17) is 0 Å². The zero-order valence-electron chi connectivity index (χ0n) is 18.8. The first-order chi connectivity index (χ1) is 15.7. The topological polar surface area (TPSA) is 43.9 Å². The lowest BCUT2D eigenvalue weighted by molar-refractivity contribution is -0.112. The quantitative estimate of drug-likeness (QED) is 0.470. The molecule has 0 aliphatic carbocycles. The summed E-state index contributed by atoms with van der Waals surface area (Å²) in [5, 5.41) is 0. The van der Waals surface area contributed by atoms with Crippen molar-refractivity contribution in [2.75, 3.05) is 32.7 Å². The van der Waals surface area contributed by atoms with Crippen LogP contribution < -0.4 is 0 Å². The summed E-state index contributed by atoms with van der Waals surface area (Å²) in [5.41, 5.74) is 4.55. The Morgan fingerprint density at radius 1 is 0.875 bits per heavy atom. The molecule has 5 nitrogen and oxygen atoms in total. The number of likely N-dealkylation sites (tertiary alicyclic amines) is 1. The number of nitrogens with zero attached hydrogens (tertiary/aromatic N) is 3. The fourth-order valence-corrected chi connectivity index (χ4v) is 5.68. The molecule has 5 heteroatoms. The molecule has 0 aromatic heterocycles. The Kier molecular flexibility index (Phi) is 6.37. The molecule has 1 amide bonds. The van der Waals surface area contributed by atoms with Gasteiger partial charge in [-0.3, -0.25) is 9.69 Å². The average molecular weight is 432 g/mol. The predicted octanol–water partition coefficient (Wildman–Crippen LogP) is 3.89. The lowest BCUT2D eigenvalue weighted by Gasteiger charge is -2.34. The molecule has 5 rings (SSSR count). The number of piperidine rings is 1. The third kappa shape index (κ3) is 4.37. The molecule has 2 aromatic carbocycles. The van der Waals surface area contributed by atoms with Crippen molar-refractivity contribution in [3.63, 3.8) is 0 Å². The van der Waals surface area contributed by atoms with Crippen molar-refractivity contribution in [2.45, 2.75) is 44.8 Å². The van der Waals surface area contributed by atoms with Gasteiger partial charge in [-0.1, -0.05) is 42.5 Å². The van der Waals surface area contributed by atoms with Crippen LogP contribution in [-0.4, -0.2) is 59.6 Å². The summed E-state index contributed by atoms with van der Waals surface area (Å²) < 4.78 is 0. The van der Waals surface area contributed by atoms with Crippen molar-refractivity contribution in [1.29, 1.82) is 0 Å². The van der Waals surface area contributed by atoms with Gasteiger partial charge >= 0.3 is 0 Å². The molecule has 0 N–H and O–H groups in total. The van der Waals surface area contributed by atoms with E-state index in [2.05, 4.69) is 34.1 Å². The lowest BCUT2D eigenvalue weighted by Crippen LogP contribution is -2.39. The van der Waals surface area contributed by atoms with Crippen molar-refractivity contribution in [3.05, 3.63) is 70.8 Å². The second-order valence-electron chi connectivity index (χ2n) is 9.59. The minimum Gasteiger partial charge on any atom is -0.334 e. The molecule has 1 fully saturated rings. The highest BCUT2D eigenvalue weighted by Gasteiger charge is 2.32. The third-order valence-electron chi connectivity index (χ3n) is 7.52. The number of unbranched alkanes of at least 4 members (excludes halogenated alkanes) is 1. The first-order valence-corrected chi connectivity index (χ1v) is 12.1. The largest absolute Gasteiger partial charge is 0.334 e. The highest BCUT2D eigenvalue weighted by Crippen LogP contribution is 2.34. The minimum atomic E-state index is -0.0661. The van der Waals surface area contributed by atoms with Crippen LogP contribution in [0, 0.1) is 5.92 Å². The summed E-state index contributed by atoms with van der Waals surface area (Å²) in [6, 6.07) is 16.3. The molecule has 168 valence electrons. The van der Waals surface area contributed by atoms with Crippen LogP contribution in [0.5, 0.6) is 0 Å². The summed E-state index contributed by atoms with van der Waals surface area (Å²) in [6.07, 6.45) is 5.73. The third-order valence-corrected chi connectivity index (χ3v) is 7.52. The normalized spacial score (nSPS) is 21.7. The molecule has 0 spiro atoms. The number of hydrogen-bond donors (Lipinski definition) is 0. The summed E-state index contributed by atoms with van der Waals surface area (Å²) >= 11 is 0. The Labute approximate surface area is 191 Å². The molecule has 0 radical (unpaired) electrons. The number of aldehydes is 1. The van der Waals surface area contributed by atoms with Gasteiger partial charge in [-0.25, -0.2) is 0 Å². The van der Waals surface area contributed by atoms with Gasteiger partial charge in [-0.2, -0.15) is 0 Å². The molecule has 0 bridgehead atoms. The maximum absolute atomic E-state index is 12.5. The summed E-state index contributed by atoms with van der Waals surface area (Å²) in [4.78, 5) is 31.1. The number of rotatable bonds is 8. The van der Waals surface area contributed by atoms with Gasteiger partial charge < -0.3 is 14.6 Å². The number of hydrogen-bond acceptors (Lipinski definition) is 4. The van der Waals surface area contributed by atoms with E-state index in [-0.39, 0.29) is 11.9 Å². The number of carbonyl (C=O) groups is 2. The molecule has 1 unspecified atom stereocenters. The SMILES string of the molecule is O=CC1c2ccccc2CN1CC1CCN(CCCCN2Cc3ccccc3C2=O)CC1. The molecule has 1 atom stereocenters. The number of benzene rings is 2. The standard InChI is InChI=1S/C27H33N3O2/c31-20-26-24-9-3-1-7-22(24)19-30(26)17-21-11-15-28(16-12-21)13-5-6-14-29-18-23-8-2-4-10-25(23)27(29)32/h1-4,7-10,20-21,26H,5-6,11-19H2. The Balaban J connectivity index is 1.01. The molecule has 0 saturated carbocycles. The molecule has 2 aromatic rings. The Bertz CT molecular complexity index is 967. The molecule has 3 aliphatic heterocycles. The number of fused-ring (bicyclic) bond motifs is 2. The highest BCUT2D eigenvalue weighted by molar-refractivity contribution is 5.98. The van der Waals surface area contributed by atoms with Crippen LogP contribution in [0.15, 0.2) is 48.5 Å². The van der Waals surface area contributed by atoms with Crippen LogP contribution in [0.3, 0.4) is 0 Å². The Morgan fingerprint density at radius 3 is 2.38 bits per heavy atom. The van der Waals surface area contributed by atoms with Crippen molar-refractivity contribution < 1.29 is 9.59 Å². The second-order valence-corrected chi connectivity index (χ2v) is 9.59. The van der Waals surface area contributed by atoms with Crippen molar-refractivity contribution in [3.8, 4) is 0 Å². The maximum Gasteiger partial charge on any atom is 0.254 e. The smallest absolute Gasteiger partial charge is 0.254 e. The molecular formula is C27H33N3O2. The predicted molar refractivity (Wildman–Crippen MR) is 125 cm³/mol. The number of carbonyl (C=O) groups excluding carboxylic acids is 2. The molecule has 32 heavy (non-hydrogen) atoms. The van der Waals surface area contributed by atoms with E-state index in [1.165, 1.54) is 24.0 Å². The minimum absolute atomic E-state index is 0.0661. The van der Waals surface area contributed by atoms with Crippen molar-refractivity contribution >= 4 is 12.2 Å². The van der Waals surface area contributed by atoms with Crippen LogP contribution in [0.25, 0.3) is 0 Å². The molecule has 3 heterocycles. The van der Waals surface area contributed by atoms with Gasteiger partial charge in [-0.15, -0.1) is 0 Å². The first kappa shape index (κ1) is 21.4. The van der Waals surface area contributed by atoms with E-state index in [9.17, 15) is 9.59 Å². The van der Waals surface area contributed by atoms with Crippen LogP contribution in [0.2, 0.25) is 0 Å². The first-order valence-electron chi connectivity index (χ1n) is 12.1. The van der Waals surface area contributed by atoms with E-state index >= 15 is 0 Å². The zero-order chi connectivity index (χ0) is 21.9. The lowest BCUT2D eigenvalue weighted by atomic mass is 9.95. The Hall–Kier alpha value is -2.50. The fraction of sp³-hybridized carbons (Fsp3) is 0.481. The van der Waals surface area contributed by atoms with Gasteiger partial charge in [0.05, 0.1) is 6.04 Å². The van der Waals surface area contributed by atoms with Crippen LogP contribution in [0.1, 0.15) is 58.8 Å². The van der Waals surface area contributed by atoms with Gasteiger partial charge in [0.25, 0.3) is 5.91 Å². The number of amides is 1. The molecular weight excluding hydrogens is 398 g/mol. The highest BCUT2D eigenvalue weighted by atomic mass is 16.2. The van der Waals surface area contributed by atoms with E-state index in [0.29, 0.717) is 5.92 Å². The molecule has 3 aliphatic rings. The van der Waals surface area contributed by atoms with E-state index in [0.717, 1.165) is 76.1 Å². The van der Waals surface area contributed by atoms with Gasteiger partial charge in [0.15, 0.2) is 0 Å². The van der Waals surface area contributed by atoms with Crippen LogP contribution in [-0.2, 0) is 17.9 Å². The van der Waals surface area contributed by atoms with Gasteiger partial charge in [0.2, 0.25) is 0 Å². The monoisotopic (exact) mass is 431 g/mol. The van der Waals surface area contributed by atoms with Gasteiger partial charge in [0, 0.05) is 31.7 Å². The van der Waals surface area contributed by atoms with E-state index in [1.54, 1.807) is 0 Å². The van der Waals surface area contributed by atoms with Crippen LogP contribution >= 0.6 is 0 Å². The van der Waals surface area contributed by atoms with Crippen LogP contribution in [0.4, 0.5) is 0 Å². The van der Waals surface area contributed by atoms with E-state index in [1.807, 2.05) is 29.2 Å². The maximum atomic E-state index is 12.5. The summed E-state index contributed by atoms with van der Waals surface area (Å²) in [6.45, 7) is 6.95. The van der Waals surface area contributed by atoms with Gasteiger partial charge in [0.1, 0.15) is 6.29 Å². The average Bonchev–Trinajstić information content (AvgIpc) is 3.34. The van der Waals surface area contributed by atoms with Gasteiger partial charge in [-0.05, 0) is 74.0 Å². The fourth-order valence-electron chi connectivity index (χ4n) is 5.68. The molecule has 1 saturated heterocycles. The second kappa shape index (κ2) is 9.55. The summed E-state index contributed by atoms with van der Waals surface area (Å²) in [7, 11) is 0. The van der Waals surface area contributed by atoms with E-state index < -0.39 is 0 Å². The zero-order valence-corrected chi connectivity index (χ0v) is 18.8. The Morgan fingerprint density at radius 2 is 1.59 bits per heavy atom. The summed E-state index contributed by atoms with van der Waals surface area (Å²) in [5.74, 6) is 0.864. The van der Waals surface area contributed by atoms with Crippen molar-refractivity contribution in [1.82, 2.24) is 14.7 Å².